The third-order valence-corrected chi connectivity index (χ3v) is 2.89. The van der Waals surface area contributed by atoms with Gasteiger partial charge in [0, 0.05) is 29.0 Å². The average molecular weight is 250 g/mol. The Bertz CT molecular complexity index is 737. The van der Waals surface area contributed by atoms with Crippen LogP contribution in [0.4, 0.5) is 17.2 Å². The Hall–Kier alpha value is -2.62. The second-order valence-electron chi connectivity index (χ2n) is 4.43. The lowest BCUT2D eigenvalue weighted by atomic mass is 10.1. The zero-order valence-corrected chi connectivity index (χ0v) is 10.6. The van der Waals surface area contributed by atoms with Gasteiger partial charge in [-0.3, -0.25) is 4.98 Å². The van der Waals surface area contributed by atoms with Crippen molar-refractivity contribution in [2.75, 3.05) is 11.1 Å². The summed E-state index contributed by atoms with van der Waals surface area (Å²) in [7, 11) is 0. The highest BCUT2D eigenvalue weighted by Gasteiger charge is 2.04. The number of fused-ring (bicyclic) bond motifs is 1. The topological polar surface area (TPSA) is 63.8 Å². The summed E-state index contributed by atoms with van der Waals surface area (Å²) in [6.07, 6.45) is 1.69. The standard InChI is InChI=1S/C15H14N4/c1-10-8-14(12-4-2-3-5-13(12)18-10)19-15-9-11(16)6-7-17-15/h2-9H,1H3,(H3,16,17,18,19). The van der Waals surface area contributed by atoms with Gasteiger partial charge in [-0.1, -0.05) is 18.2 Å². The van der Waals surface area contributed by atoms with Gasteiger partial charge in [0.25, 0.3) is 0 Å². The monoisotopic (exact) mass is 250 g/mol. The lowest BCUT2D eigenvalue weighted by molar-refractivity contribution is 1.25. The van der Waals surface area contributed by atoms with E-state index < -0.39 is 0 Å². The van der Waals surface area contributed by atoms with Crippen LogP contribution in [0.5, 0.6) is 0 Å². The minimum absolute atomic E-state index is 0.688. The second kappa shape index (κ2) is 4.57. The molecule has 3 rings (SSSR count). The van der Waals surface area contributed by atoms with Crippen LogP contribution in [0.2, 0.25) is 0 Å². The molecule has 0 aliphatic rings. The van der Waals surface area contributed by atoms with E-state index in [0.717, 1.165) is 28.1 Å². The lowest BCUT2D eigenvalue weighted by Gasteiger charge is -2.10. The second-order valence-corrected chi connectivity index (χ2v) is 4.43. The van der Waals surface area contributed by atoms with Crippen molar-refractivity contribution in [3.63, 3.8) is 0 Å². The molecule has 1 aromatic carbocycles. The first-order chi connectivity index (χ1) is 9.22. The highest BCUT2D eigenvalue weighted by Crippen LogP contribution is 2.25. The molecule has 4 nitrogen and oxygen atoms in total. The zero-order valence-electron chi connectivity index (χ0n) is 10.6. The number of benzene rings is 1. The molecule has 0 bridgehead atoms. The predicted octanol–water partition coefficient (Wildman–Crippen LogP) is 3.26. The third-order valence-electron chi connectivity index (χ3n) is 2.89. The number of nitrogens with zero attached hydrogens (tertiary/aromatic N) is 2. The van der Waals surface area contributed by atoms with Gasteiger partial charge >= 0.3 is 0 Å². The number of anilines is 3. The highest BCUT2D eigenvalue weighted by atomic mass is 15.0. The molecule has 4 heteroatoms. The molecule has 3 aromatic rings. The van der Waals surface area contributed by atoms with Crippen LogP contribution in [0.1, 0.15) is 5.69 Å². The Morgan fingerprint density at radius 3 is 2.79 bits per heavy atom. The van der Waals surface area contributed by atoms with Crippen molar-refractivity contribution in [1.29, 1.82) is 0 Å². The molecule has 0 amide bonds. The fourth-order valence-electron chi connectivity index (χ4n) is 2.06. The number of pyridine rings is 2. The van der Waals surface area contributed by atoms with Crippen LogP contribution in [0, 0.1) is 6.92 Å². The van der Waals surface area contributed by atoms with Gasteiger partial charge < -0.3 is 11.1 Å². The average Bonchev–Trinajstić information content (AvgIpc) is 2.38. The third kappa shape index (κ3) is 2.33. The molecule has 0 saturated heterocycles. The van der Waals surface area contributed by atoms with Gasteiger partial charge in [0.1, 0.15) is 5.82 Å². The van der Waals surface area contributed by atoms with Crippen molar-refractivity contribution in [3.8, 4) is 0 Å². The van der Waals surface area contributed by atoms with Crippen molar-refractivity contribution in [2.45, 2.75) is 6.92 Å². The van der Waals surface area contributed by atoms with Crippen LogP contribution in [0.15, 0.2) is 48.7 Å². The number of hydrogen-bond donors (Lipinski definition) is 2. The molecule has 94 valence electrons. The van der Waals surface area contributed by atoms with Crippen molar-refractivity contribution in [3.05, 3.63) is 54.4 Å². The number of para-hydroxylation sites is 1. The van der Waals surface area contributed by atoms with Crippen LogP contribution >= 0.6 is 0 Å². The van der Waals surface area contributed by atoms with E-state index >= 15 is 0 Å². The Kier molecular flexibility index (Phi) is 2.76. The quantitative estimate of drug-likeness (QED) is 0.732. The summed E-state index contributed by atoms with van der Waals surface area (Å²) >= 11 is 0. The van der Waals surface area contributed by atoms with Crippen LogP contribution < -0.4 is 11.1 Å². The first-order valence-corrected chi connectivity index (χ1v) is 6.07. The molecule has 0 saturated carbocycles. The molecule has 2 aromatic heterocycles. The summed E-state index contributed by atoms with van der Waals surface area (Å²) in [4.78, 5) is 8.77. The van der Waals surface area contributed by atoms with E-state index in [-0.39, 0.29) is 0 Å². The fraction of sp³-hybridized carbons (Fsp3) is 0.0667. The van der Waals surface area contributed by atoms with Gasteiger partial charge in [-0.15, -0.1) is 0 Å². The molecule has 0 aliphatic heterocycles. The lowest BCUT2D eigenvalue weighted by Crippen LogP contribution is -1.97. The normalized spacial score (nSPS) is 10.6. The largest absolute Gasteiger partial charge is 0.399 e. The number of aromatic nitrogens is 2. The summed E-state index contributed by atoms with van der Waals surface area (Å²) in [5, 5.41) is 4.36. The van der Waals surface area contributed by atoms with Crippen molar-refractivity contribution in [2.24, 2.45) is 0 Å². The Balaban J connectivity index is 2.09. The number of nitrogens with one attached hydrogen (secondary N) is 1. The summed E-state index contributed by atoms with van der Waals surface area (Å²) in [5.41, 5.74) is 9.37. The van der Waals surface area contributed by atoms with Crippen molar-refractivity contribution >= 4 is 28.1 Å². The van der Waals surface area contributed by atoms with Gasteiger partial charge in [0.2, 0.25) is 0 Å². The number of nitrogens with two attached hydrogens (primary N) is 1. The van der Waals surface area contributed by atoms with E-state index in [2.05, 4.69) is 15.3 Å². The van der Waals surface area contributed by atoms with E-state index in [4.69, 9.17) is 5.73 Å². The van der Waals surface area contributed by atoms with E-state index in [1.807, 2.05) is 43.3 Å². The van der Waals surface area contributed by atoms with E-state index in [0.29, 0.717) is 5.69 Å². The van der Waals surface area contributed by atoms with Crippen LogP contribution in [0.25, 0.3) is 10.9 Å². The summed E-state index contributed by atoms with van der Waals surface area (Å²) in [6, 6.07) is 13.6. The Morgan fingerprint density at radius 2 is 1.95 bits per heavy atom. The summed E-state index contributed by atoms with van der Waals surface area (Å²) < 4.78 is 0. The van der Waals surface area contributed by atoms with Gasteiger partial charge in [0.05, 0.1) is 11.2 Å². The molecule has 19 heavy (non-hydrogen) atoms. The Labute approximate surface area is 111 Å². The molecule has 0 atom stereocenters. The minimum Gasteiger partial charge on any atom is -0.399 e. The smallest absolute Gasteiger partial charge is 0.132 e. The van der Waals surface area contributed by atoms with Gasteiger partial charge in [-0.25, -0.2) is 4.98 Å². The van der Waals surface area contributed by atoms with E-state index in [1.54, 1.807) is 12.3 Å². The first-order valence-electron chi connectivity index (χ1n) is 6.07. The maximum absolute atomic E-state index is 5.76. The SMILES string of the molecule is Cc1cc(Nc2cc(N)ccn2)c2ccccc2n1. The molecule has 0 spiro atoms. The highest BCUT2D eigenvalue weighted by molar-refractivity contribution is 5.93. The summed E-state index contributed by atoms with van der Waals surface area (Å²) in [6.45, 7) is 1.98. The zero-order chi connectivity index (χ0) is 13.2. The number of nitrogen functional groups attached to an aromatic ring is 1. The molecule has 0 unspecified atom stereocenters. The molecule has 0 fully saturated rings. The van der Waals surface area contributed by atoms with Gasteiger partial charge in [-0.2, -0.15) is 0 Å². The molecule has 0 radical (unpaired) electrons. The molecular formula is C15H14N4. The van der Waals surface area contributed by atoms with Crippen LogP contribution in [0.3, 0.4) is 0 Å². The Morgan fingerprint density at radius 1 is 1.11 bits per heavy atom. The maximum atomic E-state index is 5.76. The van der Waals surface area contributed by atoms with E-state index in [1.165, 1.54) is 0 Å². The fourth-order valence-corrected chi connectivity index (χ4v) is 2.06. The van der Waals surface area contributed by atoms with Gasteiger partial charge in [-0.05, 0) is 25.1 Å². The maximum Gasteiger partial charge on any atom is 0.132 e. The number of aryl methyl sites for hydroxylation is 1. The number of hydrogen-bond acceptors (Lipinski definition) is 4. The molecule has 0 aliphatic carbocycles. The predicted molar refractivity (Wildman–Crippen MR) is 78.4 cm³/mol. The van der Waals surface area contributed by atoms with Crippen LogP contribution in [-0.2, 0) is 0 Å². The molecular weight excluding hydrogens is 236 g/mol. The van der Waals surface area contributed by atoms with Crippen molar-refractivity contribution < 1.29 is 0 Å². The molecule has 3 N–H and O–H groups in total. The summed E-state index contributed by atoms with van der Waals surface area (Å²) in [5.74, 6) is 0.732. The van der Waals surface area contributed by atoms with E-state index in [9.17, 15) is 0 Å². The van der Waals surface area contributed by atoms with Gasteiger partial charge in [0.15, 0.2) is 0 Å². The van der Waals surface area contributed by atoms with Crippen molar-refractivity contribution in [1.82, 2.24) is 9.97 Å². The first kappa shape index (κ1) is 11.5. The molecule has 2 heterocycles. The number of rotatable bonds is 2. The van der Waals surface area contributed by atoms with Crippen LogP contribution in [-0.4, -0.2) is 9.97 Å². The minimum atomic E-state index is 0.688.